The molecule has 0 heterocycles. The number of benzene rings is 1. The third kappa shape index (κ3) is 3.33. The Balaban J connectivity index is 1.93. The van der Waals surface area contributed by atoms with E-state index in [-0.39, 0.29) is 12.6 Å². The minimum atomic E-state index is -0.396. The molecule has 0 bridgehead atoms. The third-order valence-corrected chi connectivity index (χ3v) is 3.09. The molecule has 3 nitrogen and oxygen atoms in total. The zero-order valence-electron chi connectivity index (χ0n) is 9.52. The van der Waals surface area contributed by atoms with E-state index in [9.17, 15) is 9.18 Å². The van der Waals surface area contributed by atoms with Crippen molar-refractivity contribution in [2.75, 3.05) is 0 Å². The van der Waals surface area contributed by atoms with Gasteiger partial charge in [0.25, 0.3) is 0 Å². The van der Waals surface area contributed by atoms with Gasteiger partial charge in [0.1, 0.15) is 5.82 Å². The van der Waals surface area contributed by atoms with Crippen molar-refractivity contribution >= 4 is 17.6 Å². The van der Waals surface area contributed by atoms with Crippen molar-refractivity contribution in [3.05, 3.63) is 34.1 Å². The van der Waals surface area contributed by atoms with Crippen LogP contribution in [0.3, 0.4) is 0 Å². The smallest absolute Gasteiger partial charge is 0.315 e. The summed E-state index contributed by atoms with van der Waals surface area (Å²) in [6, 6.07) is 2.97. The van der Waals surface area contributed by atoms with Crippen LogP contribution in [0.5, 0.6) is 0 Å². The molecule has 1 aliphatic carbocycles. The van der Waals surface area contributed by atoms with Crippen LogP contribution in [-0.2, 0) is 6.54 Å². The topological polar surface area (TPSA) is 41.1 Å². The summed E-state index contributed by atoms with van der Waals surface area (Å²) >= 11 is 5.79. The Kier molecular flexibility index (Phi) is 3.52. The lowest BCUT2D eigenvalue weighted by molar-refractivity contribution is 0.240. The molecule has 2 N–H and O–H groups in total. The molecule has 1 aliphatic rings. The fourth-order valence-corrected chi connectivity index (χ4v) is 1.64. The largest absolute Gasteiger partial charge is 0.335 e. The molecular formula is C12H14ClFN2O. The van der Waals surface area contributed by atoms with Gasteiger partial charge in [-0.15, -0.1) is 0 Å². The molecule has 5 heteroatoms. The van der Waals surface area contributed by atoms with E-state index in [1.54, 1.807) is 13.0 Å². The van der Waals surface area contributed by atoms with Crippen molar-refractivity contribution in [3.63, 3.8) is 0 Å². The zero-order chi connectivity index (χ0) is 12.4. The summed E-state index contributed by atoms with van der Waals surface area (Å²) in [6.45, 7) is 1.97. The van der Waals surface area contributed by atoms with E-state index in [0.717, 1.165) is 18.4 Å². The molecule has 1 aromatic rings. The summed E-state index contributed by atoms with van der Waals surface area (Å²) < 4.78 is 13.5. The van der Waals surface area contributed by atoms with Gasteiger partial charge in [0.15, 0.2) is 0 Å². The van der Waals surface area contributed by atoms with Crippen molar-refractivity contribution in [3.8, 4) is 0 Å². The first-order valence-corrected chi connectivity index (χ1v) is 5.93. The van der Waals surface area contributed by atoms with Gasteiger partial charge in [0.05, 0.1) is 0 Å². The lowest BCUT2D eigenvalue weighted by Crippen LogP contribution is -2.36. The normalized spacial score (nSPS) is 14.5. The maximum absolute atomic E-state index is 13.5. The Hall–Kier alpha value is -1.29. The van der Waals surface area contributed by atoms with Gasteiger partial charge in [0, 0.05) is 23.2 Å². The first kappa shape index (κ1) is 12.2. The van der Waals surface area contributed by atoms with Gasteiger partial charge in [-0.25, -0.2) is 9.18 Å². The number of hydrogen-bond acceptors (Lipinski definition) is 1. The fraction of sp³-hybridized carbons (Fsp3) is 0.417. The number of halogens is 2. The Bertz CT molecular complexity index is 446. The van der Waals surface area contributed by atoms with E-state index in [0.29, 0.717) is 16.6 Å². The van der Waals surface area contributed by atoms with E-state index < -0.39 is 5.82 Å². The Labute approximate surface area is 104 Å². The van der Waals surface area contributed by atoms with Crippen LogP contribution in [0.2, 0.25) is 5.02 Å². The van der Waals surface area contributed by atoms with Gasteiger partial charge in [-0.3, -0.25) is 0 Å². The summed E-state index contributed by atoms with van der Waals surface area (Å²) in [5.41, 5.74) is 1.24. The Morgan fingerprint density at radius 2 is 2.24 bits per heavy atom. The highest BCUT2D eigenvalue weighted by Crippen LogP contribution is 2.20. The summed E-state index contributed by atoms with van der Waals surface area (Å²) in [4.78, 5) is 11.4. The molecule has 1 fully saturated rings. The second kappa shape index (κ2) is 4.92. The van der Waals surface area contributed by atoms with Crippen LogP contribution in [0.25, 0.3) is 0 Å². The first-order valence-electron chi connectivity index (χ1n) is 5.55. The standard InChI is InChI=1S/C12H14ClFN2O/c1-7-4-8(11(14)5-10(7)13)6-15-12(17)16-9-2-3-9/h4-5,9H,2-3,6H2,1H3,(H2,15,16,17). The van der Waals surface area contributed by atoms with E-state index in [1.807, 2.05) is 0 Å². The molecule has 0 radical (unpaired) electrons. The minimum Gasteiger partial charge on any atom is -0.335 e. The number of carbonyl (C=O) groups excluding carboxylic acids is 1. The van der Waals surface area contributed by atoms with Gasteiger partial charge in [-0.2, -0.15) is 0 Å². The highest BCUT2D eigenvalue weighted by molar-refractivity contribution is 6.31. The molecular weight excluding hydrogens is 243 g/mol. The molecule has 0 spiro atoms. The maximum atomic E-state index is 13.5. The van der Waals surface area contributed by atoms with Crippen molar-refractivity contribution in [1.82, 2.24) is 10.6 Å². The van der Waals surface area contributed by atoms with Crippen LogP contribution in [0.4, 0.5) is 9.18 Å². The van der Waals surface area contributed by atoms with E-state index >= 15 is 0 Å². The number of aryl methyl sites for hydroxylation is 1. The first-order chi connectivity index (χ1) is 8.06. The lowest BCUT2D eigenvalue weighted by Gasteiger charge is -2.09. The van der Waals surface area contributed by atoms with Crippen molar-refractivity contribution in [1.29, 1.82) is 0 Å². The molecule has 0 aliphatic heterocycles. The van der Waals surface area contributed by atoms with Crippen LogP contribution >= 0.6 is 11.6 Å². The molecule has 0 unspecified atom stereocenters. The summed E-state index contributed by atoms with van der Waals surface area (Å²) in [5.74, 6) is -0.396. The summed E-state index contributed by atoms with van der Waals surface area (Å²) in [5, 5.41) is 5.79. The number of rotatable bonds is 3. The lowest BCUT2D eigenvalue weighted by atomic mass is 10.1. The van der Waals surface area contributed by atoms with Crippen molar-refractivity contribution in [2.24, 2.45) is 0 Å². The average Bonchev–Trinajstić information content (AvgIpc) is 3.05. The Morgan fingerprint density at radius 1 is 1.53 bits per heavy atom. The van der Waals surface area contributed by atoms with Gasteiger partial charge in [0.2, 0.25) is 0 Å². The van der Waals surface area contributed by atoms with Crippen molar-refractivity contribution < 1.29 is 9.18 Å². The molecule has 0 atom stereocenters. The number of amides is 2. The summed E-state index contributed by atoms with van der Waals surface area (Å²) in [7, 11) is 0. The number of hydrogen-bond donors (Lipinski definition) is 2. The fourth-order valence-electron chi connectivity index (χ4n) is 1.49. The van der Waals surface area contributed by atoms with Crippen LogP contribution in [0, 0.1) is 12.7 Å². The van der Waals surface area contributed by atoms with Gasteiger partial charge >= 0.3 is 6.03 Å². The quantitative estimate of drug-likeness (QED) is 0.858. The highest BCUT2D eigenvalue weighted by Gasteiger charge is 2.23. The number of carbonyl (C=O) groups is 1. The third-order valence-electron chi connectivity index (χ3n) is 2.68. The van der Waals surface area contributed by atoms with Crippen LogP contribution in [0.15, 0.2) is 12.1 Å². The molecule has 0 saturated heterocycles. The summed E-state index contributed by atoms with van der Waals surface area (Å²) in [6.07, 6.45) is 2.06. The molecule has 2 rings (SSSR count). The minimum absolute atomic E-state index is 0.169. The maximum Gasteiger partial charge on any atom is 0.315 e. The van der Waals surface area contributed by atoms with Crippen molar-refractivity contribution in [2.45, 2.75) is 32.4 Å². The molecule has 92 valence electrons. The molecule has 0 aromatic heterocycles. The number of urea groups is 1. The second-order valence-corrected chi connectivity index (χ2v) is 4.70. The monoisotopic (exact) mass is 256 g/mol. The SMILES string of the molecule is Cc1cc(CNC(=O)NC2CC2)c(F)cc1Cl. The number of nitrogens with one attached hydrogen (secondary N) is 2. The predicted molar refractivity (Wildman–Crippen MR) is 64.5 cm³/mol. The molecule has 1 aromatic carbocycles. The highest BCUT2D eigenvalue weighted by atomic mass is 35.5. The van der Waals surface area contributed by atoms with Gasteiger partial charge in [-0.05, 0) is 37.5 Å². The van der Waals surface area contributed by atoms with E-state index in [1.165, 1.54) is 6.07 Å². The average molecular weight is 257 g/mol. The molecule has 1 saturated carbocycles. The molecule has 17 heavy (non-hydrogen) atoms. The molecule has 2 amide bonds. The Morgan fingerprint density at radius 3 is 2.88 bits per heavy atom. The van der Waals surface area contributed by atoms with Gasteiger partial charge < -0.3 is 10.6 Å². The van der Waals surface area contributed by atoms with Crippen LogP contribution < -0.4 is 10.6 Å². The van der Waals surface area contributed by atoms with E-state index in [2.05, 4.69) is 10.6 Å². The second-order valence-electron chi connectivity index (χ2n) is 4.29. The van der Waals surface area contributed by atoms with Gasteiger partial charge in [-0.1, -0.05) is 11.6 Å². The van der Waals surface area contributed by atoms with E-state index in [4.69, 9.17) is 11.6 Å². The van der Waals surface area contributed by atoms with Crippen LogP contribution in [0.1, 0.15) is 24.0 Å². The zero-order valence-corrected chi connectivity index (χ0v) is 10.3. The predicted octanol–water partition coefficient (Wildman–Crippen LogP) is 2.75. The van der Waals surface area contributed by atoms with Crippen LogP contribution in [-0.4, -0.2) is 12.1 Å².